The largest absolute Gasteiger partial charge is 0.324 e. The van der Waals surface area contributed by atoms with E-state index in [1.165, 1.54) is 5.39 Å². The molecule has 0 spiro atoms. The molecule has 0 bridgehead atoms. The molecule has 19 heavy (non-hydrogen) atoms. The van der Waals surface area contributed by atoms with Crippen LogP contribution in [0.1, 0.15) is 20.8 Å². The lowest BCUT2D eigenvalue weighted by Crippen LogP contribution is -2.49. The van der Waals surface area contributed by atoms with Gasteiger partial charge in [0.15, 0.2) is 0 Å². The van der Waals surface area contributed by atoms with Crippen LogP contribution in [-0.2, 0) is 4.79 Å². The summed E-state index contributed by atoms with van der Waals surface area (Å²) in [4.78, 5) is 12.2. The van der Waals surface area contributed by atoms with Gasteiger partial charge in [-0.3, -0.25) is 4.79 Å². The molecule has 1 amide bonds. The first-order valence-electron chi connectivity index (χ1n) is 6.58. The highest BCUT2D eigenvalue weighted by molar-refractivity contribution is 5.99. The molecule has 0 fully saturated rings. The molecule has 0 atom stereocenters. The Bertz CT molecular complexity index is 590. The third-order valence-corrected chi connectivity index (χ3v) is 3.19. The van der Waals surface area contributed by atoms with Gasteiger partial charge >= 0.3 is 0 Å². The molecule has 0 aromatic heterocycles. The van der Waals surface area contributed by atoms with Crippen molar-refractivity contribution >= 4 is 22.4 Å². The van der Waals surface area contributed by atoms with Crippen LogP contribution in [0.2, 0.25) is 0 Å². The molecule has 0 unspecified atom stereocenters. The Balaban J connectivity index is 2.19. The van der Waals surface area contributed by atoms with Crippen LogP contribution >= 0.6 is 0 Å². The second-order valence-electron chi connectivity index (χ2n) is 5.17. The average molecular weight is 256 g/mol. The molecule has 2 aromatic rings. The molecule has 2 N–H and O–H groups in total. The topological polar surface area (TPSA) is 41.1 Å². The fourth-order valence-corrected chi connectivity index (χ4v) is 2.08. The number of hydrogen-bond acceptors (Lipinski definition) is 2. The summed E-state index contributed by atoms with van der Waals surface area (Å²) in [6.07, 6.45) is 0. The van der Waals surface area contributed by atoms with Crippen LogP contribution in [0, 0.1) is 0 Å². The van der Waals surface area contributed by atoms with Crippen molar-refractivity contribution in [3.63, 3.8) is 0 Å². The van der Waals surface area contributed by atoms with Gasteiger partial charge in [0, 0.05) is 5.69 Å². The normalized spacial score (nSPS) is 11.5. The molecule has 0 radical (unpaired) electrons. The number of benzene rings is 2. The molecule has 0 saturated carbocycles. The summed E-state index contributed by atoms with van der Waals surface area (Å²) >= 11 is 0. The summed E-state index contributed by atoms with van der Waals surface area (Å²) in [5, 5.41) is 8.42. The van der Waals surface area contributed by atoms with E-state index in [0.29, 0.717) is 0 Å². The summed E-state index contributed by atoms with van der Waals surface area (Å²) < 4.78 is 0. The Hall–Kier alpha value is -1.87. The lowest BCUT2D eigenvalue weighted by Gasteiger charge is -2.24. The molecule has 3 heteroatoms. The third kappa shape index (κ3) is 3.12. The van der Waals surface area contributed by atoms with Crippen LogP contribution in [0.25, 0.3) is 10.8 Å². The molecule has 2 rings (SSSR count). The van der Waals surface area contributed by atoms with Crippen LogP contribution in [0.4, 0.5) is 5.69 Å². The molecule has 0 saturated heterocycles. The van der Waals surface area contributed by atoms with Crippen molar-refractivity contribution in [2.45, 2.75) is 26.3 Å². The van der Waals surface area contributed by atoms with E-state index in [-0.39, 0.29) is 5.91 Å². The lowest BCUT2D eigenvalue weighted by molar-refractivity contribution is -0.121. The number of likely N-dealkylation sites (N-methyl/N-ethyl adjacent to an activating group) is 1. The van der Waals surface area contributed by atoms with Crippen LogP contribution in [0.15, 0.2) is 42.5 Å². The fourth-order valence-electron chi connectivity index (χ4n) is 2.08. The highest BCUT2D eigenvalue weighted by atomic mass is 16.2. The summed E-state index contributed by atoms with van der Waals surface area (Å²) in [5.74, 6) is -0.0235. The number of anilines is 1. The predicted octanol–water partition coefficient (Wildman–Crippen LogP) is 3.17. The standard InChI is InChI=1S/C16H20N2O/c1-4-17-16(2,3)15(19)18-14-10-9-12-7-5-6-8-13(12)11-14/h5-11,17H,4H2,1-3H3,(H,18,19). The van der Waals surface area contributed by atoms with E-state index < -0.39 is 5.54 Å². The highest BCUT2D eigenvalue weighted by Gasteiger charge is 2.26. The van der Waals surface area contributed by atoms with Crippen molar-refractivity contribution in [1.29, 1.82) is 0 Å². The van der Waals surface area contributed by atoms with Crippen molar-refractivity contribution < 1.29 is 4.79 Å². The van der Waals surface area contributed by atoms with Crippen LogP contribution in [0.5, 0.6) is 0 Å². The number of carbonyl (C=O) groups excluding carboxylic acids is 1. The zero-order chi connectivity index (χ0) is 13.9. The molecule has 0 heterocycles. The predicted molar refractivity (Wildman–Crippen MR) is 80.3 cm³/mol. The Labute approximate surface area is 114 Å². The van der Waals surface area contributed by atoms with E-state index in [1.807, 2.05) is 57.2 Å². The first kappa shape index (κ1) is 13.6. The number of fused-ring (bicyclic) bond motifs is 1. The van der Waals surface area contributed by atoms with E-state index in [9.17, 15) is 4.79 Å². The van der Waals surface area contributed by atoms with Gasteiger partial charge in [-0.2, -0.15) is 0 Å². The van der Waals surface area contributed by atoms with Crippen molar-refractivity contribution in [3.8, 4) is 0 Å². The minimum absolute atomic E-state index is 0.0235. The summed E-state index contributed by atoms with van der Waals surface area (Å²) in [6.45, 7) is 6.52. The minimum Gasteiger partial charge on any atom is -0.324 e. The van der Waals surface area contributed by atoms with Gasteiger partial charge in [0.25, 0.3) is 0 Å². The zero-order valence-electron chi connectivity index (χ0n) is 11.7. The fraction of sp³-hybridized carbons (Fsp3) is 0.312. The van der Waals surface area contributed by atoms with Gasteiger partial charge in [-0.15, -0.1) is 0 Å². The van der Waals surface area contributed by atoms with Gasteiger partial charge in [0.2, 0.25) is 5.91 Å². The van der Waals surface area contributed by atoms with Crippen molar-refractivity contribution in [2.75, 3.05) is 11.9 Å². The van der Waals surface area contributed by atoms with E-state index in [2.05, 4.69) is 16.7 Å². The number of amides is 1. The first-order chi connectivity index (χ1) is 9.03. The van der Waals surface area contributed by atoms with Crippen LogP contribution in [-0.4, -0.2) is 18.0 Å². The smallest absolute Gasteiger partial charge is 0.244 e. The maximum absolute atomic E-state index is 12.2. The Morgan fingerprint density at radius 2 is 1.79 bits per heavy atom. The van der Waals surface area contributed by atoms with Gasteiger partial charge in [-0.25, -0.2) is 0 Å². The SMILES string of the molecule is CCNC(C)(C)C(=O)Nc1ccc2ccccc2c1. The van der Waals surface area contributed by atoms with Gasteiger partial charge in [-0.1, -0.05) is 37.3 Å². The average Bonchev–Trinajstić information content (AvgIpc) is 2.38. The van der Waals surface area contributed by atoms with Gasteiger partial charge in [0.1, 0.15) is 0 Å². The van der Waals surface area contributed by atoms with Crippen molar-refractivity contribution in [3.05, 3.63) is 42.5 Å². The minimum atomic E-state index is -0.569. The van der Waals surface area contributed by atoms with E-state index in [1.54, 1.807) is 0 Å². The third-order valence-electron chi connectivity index (χ3n) is 3.19. The summed E-state index contributed by atoms with van der Waals surface area (Å²) in [7, 11) is 0. The number of rotatable bonds is 4. The maximum Gasteiger partial charge on any atom is 0.244 e. The highest BCUT2D eigenvalue weighted by Crippen LogP contribution is 2.19. The number of nitrogens with one attached hydrogen (secondary N) is 2. The van der Waals surface area contributed by atoms with Crippen molar-refractivity contribution in [2.24, 2.45) is 0 Å². The molecular weight excluding hydrogens is 236 g/mol. The number of carbonyl (C=O) groups is 1. The van der Waals surface area contributed by atoms with Gasteiger partial charge in [0.05, 0.1) is 5.54 Å². The molecule has 0 aliphatic heterocycles. The Kier molecular flexibility index (Phi) is 3.86. The quantitative estimate of drug-likeness (QED) is 0.882. The second kappa shape index (κ2) is 5.41. The lowest BCUT2D eigenvalue weighted by atomic mass is 10.0. The molecule has 2 aromatic carbocycles. The van der Waals surface area contributed by atoms with E-state index >= 15 is 0 Å². The van der Waals surface area contributed by atoms with E-state index in [0.717, 1.165) is 17.6 Å². The summed E-state index contributed by atoms with van der Waals surface area (Å²) in [6, 6.07) is 14.1. The molecule has 3 nitrogen and oxygen atoms in total. The molecule has 0 aliphatic carbocycles. The number of hydrogen-bond donors (Lipinski definition) is 2. The van der Waals surface area contributed by atoms with Crippen LogP contribution < -0.4 is 10.6 Å². The Morgan fingerprint density at radius 1 is 1.11 bits per heavy atom. The monoisotopic (exact) mass is 256 g/mol. The van der Waals surface area contributed by atoms with Crippen molar-refractivity contribution in [1.82, 2.24) is 5.32 Å². The molecule has 0 aliphatic rings. The molecule has 100 valence electrons. The second-order valence-corrected chi connectivity index (χ2v) is 5.17. The van der Waals surface area contributed by atoms with Gasteiger partial charge in [-0.05, 0) is 43.3 Å². The summed E-state index contributed by atoms with van der Waals surface area (Å²) in [5.41, 5.74) is 0.259. The first-order valence-corrected chi connectivity index (χ1v) is 6.58. The van der Waals surface area contributed by atoms with E-state index in [4.69, 9.17) is 0 Å². The maximum atomic E-state index is 12.2. The van der Waals surface area contributed by atoms with Crippen LogP contribution in [0.3, 0.4) is 0 Å². The van der Waals surface area contributed by atoms with Gasteiger partial charge < -0.3 is 10.6 Å². The molecular formula is C16H20N2O. The Morgan fingerprint density at radius 3 is 2.47 bits per heavy atom. The zero-order valence-corrected chi connectivity index (χ0v) is 11.7.